The van der Waals surface area contributed by atoms with Crippen LogP contribution in [0.1, 0.15) is 43.5 Å². The van der Waals surface area contributed by atoms with Crippen LogP contribution in [-0.2, 0) is 16.0 Å². The molecule has 0 radical (unpaired) electrons. The van der Waals surface area contributed by atoms with Gasteiger partial charge in [0.25, 0.3) is 0 Å². The number of hydrogen-bond donors (Lipinski definition) is 2. The molecule has 7 heteroatoms. The molecule has 2 amide bonds. The number of amides is 2. The summed E-state index contributed by atoms with van der Waals surface area (Å²) >= 11 is 0. The number of aromatic nitrogens is 2. The van der Waals surface area contributed by atoms with Crippen molar-refractivity contribution in [3.8, 4) is 11.4 Å². The van der Waals surface area contributed by atoms with E-state index >= 15 is 0 Å². The van der Waals surface area contributed by atoms with Gasteiger partial charge in [0.15, 0.2) is 5.82 Å². The van der Waals surface area contributed by atoms with Gasteiger partial charge >= 0.3 is 12.0 Å². The van der Waals surface area contributed by atoms with E-state index < -0.39 is 0 Å². The first-order valence-corrected chi connectivity index (χ1v) is 9.28. The summed E-state index contributed by atoms with van der Waals surface area (Å²) in [5.41, 5.74) is 2.92. The lowest BCUT2D eigenvalue weighted by Crippen LogP contribution is -2.40. The zero-order valence-corrected chi connectivity index (χ0v) is 15.4. The largest absolute Gasteiger partial charge is 0.466 e. The second-order valence-corrected chi connectivity index (χ2v) is 6.36. The molecule has 0 bridgehead atoms. The number of nitrogens with one attached hydrogen (secondary N) is 2. The summed E-state index contributed by atoms with van der Waals surface area (Å²) in [6.07, 6.45) is 4.64. The highest BCUT2D eigenvalue weighted by atomic mass is 16.5. The number of esters is 1. The molecule has 1 aromatic heterocycles. The van der Waals surface area contributed by atoms with Crippen molar-refractivity contribution in [2.24, 2.45) is 0 Å². The Bertz CT molecular complexity index is 795. The van der Waals surface area contributed by atoms with Crippen LogP contribution in [0.3, 0.4) is 0 Å². The van der Waals surface area contributed by atoms with E-state index in [9.17, 15) is 9.59 Å². The van der Waals surface area contributed by atoms with Crippen molar-refractivity contribution in [1.82, 2.24) is 20.6 Å². The highest BCUT2D eigenvalue weighted by molar-refractivity contribution is 5.76. The normalized spacial score (nSPS) is 15.5. The van der Waals surface area contributed by atoms with Gasteiger partial charge in [0, 0.05) is 29.6 Å². The third-order valence-electron chi connectivity index (χ3n) is 4.44. The number of hydrogen-bond acceptors (Lipinski definition) is 5. The van der Waals surface area contributed by atoms with E-state index in [0.717, 1.165) is 36.1 Å². The number of carbonyl (C=O) groups is 2. The molecule has 1 heterocycles. The number of aryl methyl sites for hydroxylation is 1. The van der Waals surface area contributed by atoms with Crippen LogP contribution in [0, 0.1) is 0 Å². The number of urea groups is 1. The molecule has 3 rings (SSSR count). The molecule has 1 aliphatic rings. The predicted octanol–water partition coefficient (Wildman–Crippen LogP) is 2.77. The lowest BCUT2D eigenvalue weighted by molar-refractivity contribution is -0.142. The highest BCUT2D eigenvalue weighted by Gasteiger charge is 2.24. The number of nitrogens with zero attached hydrogens (tertiary/aromatic N) is 2. The molecule has 1 atom stereocenters. The maximum atomic E-state index is 12.1. The molecule has 1 aromatic carbocycles. The molecule has 0 fully saturated rings. The number of benzene rings is 1. The third-order valence-corrected chi connectivity index (χ3v) is 4.44. The molecule has 27 heavy (non-hydrogen) atoms. The van der Waals surface area contributed by atoms with E-state index in [-0.39, 0.29) is 31.0 Å². The van der Waals surface area contributed by atoms with Crippen LogP contribution in [0.15, 0.2) is 36.5 Å². The summed E-state index contributed by atoms with van der Waals surface area (Å²) in [7, 11) is 0. The smallest absolute Gasteiger partial charge is 0.315 e. The quantitative estimate of drug-likeness (QED) is 0.765. The number of ether oxygens (including phenoxy) is 1. The molecule has 142 valence electrons. The molecule has 0 spiro atoms. The zero-order valence-electron chi connectivity index (χ0n) is 15.4. The van der Waals surface area contributed by atoms with Gasteiger partial charge in [-0.3, -0.25) is 4.79 Å². The maximum absolute atomic E-state index is 12.1. The van der Waals surface area contributed by atoms with Gasteiger partial charge in [-0.15, -0.1) is 0 Å². The van der Waals surface area contributed by atoms with Crippen molar-refractivity contribution >= 4 is 12.0 Å². The SMILES string of the molecule is CCOC(=O)CCNC(=O)N[C@H]1CCCc2nc(-c3ccccc3)ncc21. The van der Waals surface area contributed by atoms with E-state index in [0.29, 0.717) is 12.4 Å². The van der Waals surface area contributed by atoms with Crippen LogP contribution in [0.4, 0.5) is 4.79 Å². The lowest BCUT2D eigenvalue weighted by atomic mass is 9.92. The standard InChI is InChI=1S/C20H24N4O3/c1-2-27-18(25)11-12-21-20(26)24-17-10-6-9-16-15(17)13-22-19(23-16)14-7-4-3-5-8-14/h3-5,7-8,13,17H,2,6,9-12H2,1H3,(H2,21,24,26)/t17-/m0/s1. The topological polar surface area (TPSA) is 93.2 Å². The lowest BCUT2D eigenvalue weighted by Gasteiger charge is -2.25. The Morgan fingerprint density at radius 3 is 2.85 bits per heavy atom. The van der Waals surface area contributed by atoms with Gasteiger partial charge in [-0.2, -0.15) is 0 Å². The Kier molecular flexibility index (Phi) is 6.35. The number of fused-ring (bicyclic) bond motifs is 1. The van der Waals surface area contributed by atoms with Crippen molar-refractivity contribution in [2.75, 3.05) is 13.2 Å². The highest BCUT2D eigenvalue weighted by Crippen LogP contribution is 2.29. The molecule has 0 saturated carbocycles. The monoisotopic (exact) mass is 368 g/mol. The average molecular weight is 368 g/mol. The van der Waals surface area contributed by atoms with E-state index in [1.54, 1.807) is 6.92 Å². The van der Waals surface area contributed by atoms with Crippen LogP contribution in [-0.4, -0.2) is 35.1 Å². The fourth-order valence-corrected chi connectivity index (χ4v) is 3.14. The Balaban J connectivity index is 1.61. The first-order chi connectivity index (χ1) is 13.2. The van der Waals surface area contributed by atoms with Gasteiger partial charge in [-0.05, 0) is 26.2 Å². The Morgan fingerprint density at radius 1 is 1.26 bits per heavy atom. The van der Waals surface area contributed by atoms with E-state index in [4.69, 9.17) is 9.72 Å². The van der Waals surface area contributed by atoms with Crippen molar-refractivity contribution < 1.29 is 14.3 Å². The molecule has 2 N–H and O–H groups in total. The minimum absolute atomic E-state index is 0.124. The summed E-state index contributed by atoms with van der Waals surface area (Å²) in [6.45, 7) is 2.34. The van der Waals surface area contributed by atoms with Crippen molar-refractivity contribution in [1.29, 1.82) is 0 Å². The summed E-state index contributed by atoms with van der Waals surface area (Å²) in [4.78, 5) is 32.6. The van der Waals surface area contributed by atoms with Crippen LogP contribution in [0.2, 0.25) is 0 Å². The Labute approximate surface area is 158 Å². The summed E-state index contributed by atoms with van der Waals surface area (Å²) in [5, 5.41) is 5.65. The summed E-state index contributed by atoms with van der Waals surface area (Å²) in [5.74, 6) is 0.386. The number of rotatable bonds is 6. The fourth-order valence-electron chi connectivity index (χ4n) is 3.14. The first kappa shape index (κ1) is 18.8. The average Bonchev–Trinajstić information content (AvgIpc) is 2.69. The van der Waals surface area contributed by atoms with Gasteiger partial charge in [-0.1, -0.05) is 30.3 Å². The maximum Gasteiger partial charge on any atom is 0.315 e. The van der Waals surface area contributed by atoms with Gasteiger partial charge in [-0.25, -0.2) is 14.8 Å². The van der Waals surface area contributed by atoms with Gasteiger partial charge in [0.05, 0.1) is 19.1 Å². The molecule has 0 unspecified atom stereocenters. The molecule has 1 aliphatic carbocycles. The van der Waals surface area contributed by atoms with Gasteiger partial charge in [0.2, 0.25) is 0 Å². The summed E-state index contributed by atoms with van der Waals surface area (Å²) in [6, 6.07) is 9.42. The molecule has 2 aromatic rings. The van der Waals surface area contributed by atoms with E-state index in [2.05, 4.69) is 15.6 Å². The van der Waals surface area contributed by atoms with Crippen LogP contribution in [0.5, 0.6) is 0 Å². The van der Waals surface area contributed by atoms with E-state index in [1.807, 2.05) is 36.5 Å². The second kappa shape index (κ2) is 9.12. The fraction of sp³-hybridized carbons (Fsp3) is 0.400. The molecular formula is C20H24N4O3. The Morgan fingerprint density at radius 2 is 2.07 bits per heavy atom. The summed E-state index contributed by atoms with van der Waals surface area (Å²) < 4.78 is 4.84. The molecule has 0 aliphatic heterocycles. The van der Waals surface area contributed by atoms with Gasteiger partial charge < -0.3 is 15.4 Å². The number of carbonyl (C=O) groups excluding carboxylic acids is 2. The van der Waals surface area contributed by atoms with Crippen LogP contribution in [0.25, 0.3) is 11.4 Å². The minimum Gasteiger partial charge on any atom is -0.466 e. The molecular weight excluding hydrogens is 344 g/mol. The van der Waals surface area contributed by atoms with E-state index in [1.165, 1.54) is 0 Å². The molecule has 0 saturated heterocycles. The predicted molar refractivity (Wildman–Crippen MR) is 101 cm³/mol. The first-order valence-electron chi connectivity index (χ1n) is 9.28. The Hall–Kier alpha value is -2.96. The van der Waals surface area contributed by atoms with Crippen molar-refractivity contribution in [3.05, 3.63) is 47.8 Å². The van der Waals surface area contributed by atoms with Crippen LogP contribution < -0.4 is 10.6 Å². The van der Waals surface area contributed by atoms with Crippen molar-refractivity contribution in [2.45, 2.75) is 38.6 Å². The van der Waals surface area contributed by atoms with Crippen molar-refractivity contribution in [3.63, 3.8) is 0 Å². The van der Waals surface area contributed by atoms with Gasteiger partial charge in [0.1, 0.15) is 0 Å². The van der Waals surface area contributed by atoms with Crippen LogP contribution >= 0.6 is 0 Å². The zero-order chi connectivity index (χ0) is 19.1. The minimum atomic E-state index is -0.317. The molecule has 7 nitrogen and oxygen atoms in total. The third kappa shape index (κ3) is 5.03. The second-order valence-electron chi connectivity index (χ2n) is 6.36.